The van der Waals surface area contributed by atoms with Gasteiger partial charge in [-0.15, -0.1) is 11.3 Å². The van der Waals surface area contributed by atoms with E-state index < -0.39 is 11.9 Å². The Hall–Kier alpha value is -3.19. The summed E-state index contributed by atoms with van der Waals surface area (Å²) in [5.74, 6) is -0.287. The van der Waals surface area contributed by atoms with Crippen LogP contribution in [0.2, 0.25) is 0 Å². The van der Waals surface area contributed by atoms with E-state index in [0.29, 0.717) is 17.1 Å². The highest BCUT2D eigenvalue weighted by molar-refractivity contribution is 7.13. The molecule has 0 atom stereocenters. The highest BCUT2D eigenvalue weighted by Gasteiger charge is 2.12. The third-order valence-electron chi connectivity index (χ3n) is 3.86. The number of aromatic nitrogens is 1. The molecule has 0 aliphatic rings. The molecule has 6 nitrogen and oxygen atoms in total. The molecule has 7 heteroatoms. The number of nitrogens with zero attached hydrogens (tertiary/aromatic N) is 1. The zero-order valence-corrected chi connectivity index (χ0v) is 16.4. The Labute approximate surface area is 167 Å². The molecule has 1 heterocycles. The van der Waals surface area contributed by atoms with Crippen molar-refractivity contribution >= 4 is 28.9 Å². The van der Waals surface area contributed by atoms with Gasteiger partial charge in [0.05, 0.1) is 19.2 Å². The fourth-order valence-electron chi connectivity index (χ4n) is 2.54. The van der Waals surface area contributed by atoms with E-state index >= 15 is 0 Å². The second-order valence-corrected chi connectivity index (χ2v) is 6.99. The molecule has 0 saturated heterocycles. The summed E-state index contributed by atoms with van der Waals surface area (Å²) in [6.07, 6.45) is 0.0226. The first-order valence-corrected chi connectivity index (χ1v) is 9.52. The molecule has 144 valence electrons. The zero-order chi connectivity index (χ0) is 19.9. The normalized spacial score (nSPS) is 10.4. The van der Waals surface area contributed by atoms with Gasteiger partial charge in [-0.1, -0.05) is 29.8 Å². The third-order valence-corrected chi connectivity index (χ3v) is 4.80. The van der Waals surface area contributed by atoms with Crippen molar-refractivity contribution in [2.75, 3.05) is 19.0 Å². The minimum absolute atomic E-state index is 0.0226. The van der Waals surface area contributed by atoms with Crippen LogP contribution in [0.25, 0.3) is 10.6 Å². The number of carbonyl (C=O) groups is 2. The number of rotatable bonds is 7. The molecule has 1 aromatic heterocycles. The number of benzene rings is 2. The zero-order valence-electron chi connectivity index (χ0n) is 15.6. The third kappa shape index (κ3) is 5.40. The van der Waals surface area contributed by atoms with Crippen LogP contribution < -0.4 is 10.1 Å². The molecule has 0 unspecified atom stereocenters. The quantitative estimate of drug-likeness (QED) is 0.614. The van der Waals surface area contributed by atoms with Gasteiger partial charge in [0.2, 0.25) is 0 Å². The van der Waals surface area contributed by atoms with Gasteiger partial charge in [0, 0.05) is 22.7 Å². The predicted molar refractivity (Wildman–Crippen MR) is 109 cm³/mol. The molecule has 0 aliphatic carbocycles. The molecule has 28 heavy (non-hydrogen) atoms. The van der Waals surface area contributed by atoms with E-state index in [2.05, 4.69) is 10.3 Å². The maximum atomic E-state index is 12.0. The Bertz CT molecular complexity index is 984. The van der Waals surface area contributed by atoms with Gasteiger partial charge in [-0.3, -0.25) is 9.59 Å². The summed E-state index contributed by atoms with van der Waals surface area (Å²) < 4.78 is 10.2. The minimum Gasteiger partial charge on any atom is -0.497 e. The lowest BCUT2D eigenvalue weighted by atomic mass is 10.1. The second kappa shape index (κ2) is 9.14. The van der Waals surface area contributed by atoms with Crippen LogP contribution in [0, 0.1) is 6.92 Å². The van der Waals surface area contributed by atoms with Gasteiger partial charge in [-0.25, -0.2) is 4.98 Å². The largest absolute Gasteiger partial charge is 0.497 e. The molecule has 0 saturated carbocycles. The number of hydrogen-bond donors (Lipinski definition) is 1. The molecule has 0 bridgehead atoms. The number of esters is 1. The topological polar surface area (TPSA) is 77.5 Å². The molecule has 0 aliphatic heterocycles. The summed E-state index contributed by atoms with van der Waals surface area (Å²) >= 11 is 1.47. The van der Waals surface area contributed by atoms with Crippen molar-refractivity contribution in [3.05, 3.63) is 65.2 Å². The standard InChI is InChI=1S/C21H20N2O4S/c1-14-5-3-6-15(9-14)21-23-17(13-28-21)11-20(25)27-12-19(24)22-16-7-4-8-18(10-16)26-2/h3-10,13H,11-12H2,1-2H3,(H,22,24). The Balaban J connectivity index is 1.50. The van der Waals surface area contributed by atoms with Crippen molar-refractivity contribution in [3.63, 3.8) is 0 Å². The van der Waals surface area contributed by atoms with Crippen LogP contribution in [-0.4, -0.2) is 30.6 Å². The van der Waals surface area contributed by atoms with Crippen LogP contribution in [0.1, 0.15) is 11.3 Å². The van der Waals surface area contributed by atoms with Crippen molar-refractivity contribution in [2.45, 2.75) is 13.3 Å². The predicted octanol–water partition coefficient (Wildman–Crippen LogP) is 3.85. The summed E-state index contributed by atoms with van der Waals surface area (Å²) in [6, 6.07) is 15.0. The van der Waals surface area contributed by atoms with Crippen LogP contribution in [-0.2, 0) is 20.7 Å². The maximum absolute atomic E-state index is 12.0. The first-order valence-electron chi connectivity index (χ1n) is 8.64. The highest BCUT2D eigenvalue weighted by Crippen LogP contribution is 2.24. The molecule has 1 amide bonds. The van der Waals surface area contributed by atoms with Gasteiger partial charge in [0.25, 0.3) is 5.91 Å². The molecule has 1 N–H and O–H groups in total. The number of amides is 1. The van der Waals surface area contributed by atoms with E-state index in [-0.39, 0.29) is 13.0 Å². The number of carbonyl (C=O) groups excluding carboxylic acids is 2. The molecule has 0 fully saturated rings. The smallest absolute Gasteiger partial charge is 0.312 e. The first-order chi connectivity index (χ1) is 13.5. The Morgan fingerprint density at radius 2 is 1.96 bits per heavy atom. The summed E-state index contributed by atoms with van der Waals surface area (Å²) in [7, 11) is 1.55. The van der Waals surface area contributed by atoms with E-state index in [1.807, 2.05) is 36.6 Å². The van der Waals surface area contributed by atoms with Crippen LogP contribution in [0.4, 0.5) is 5.69 Å². The van der Waals surface area contributed by atoms with E-state index in [1.165, 1.54) is 11.3 Å². The molecular formula is C21H20N2O4S. The van der Waals surface area contributed by atoms with E-state index in [9.17, 15) is 9.59 Å². The lowest BCUT2D eigenvalue weighted by Gasteiger charge is -2.07. The molecule has 2 aromatic carbocycles. The van der Waals surface area contributed by atoms with Gasteiger partial charge >= 0.3 is 5.97 Å². The maximum Gasteiger partial charge on any atom is 0.312 e. The van der Waals surface area contributed by atoms with Crippen molar-refractivity contribution in [1.29, 1.82) is 0 Å². The van der Waals surface area contributed by atoms with Crippen LogP contribution in [0.15, 0.2) is 53.9 Å². The average molecular weight is 396 g/mol. The fourth-order valence-corrected chi connectivity index (χ4v) is 3.36. The van der Waals surface area contributed by atoms with Crippen LogP contribution >= 0.6 is 11.3 Å². The molecule has 0 spiro atoms. The fraction of sp³-hybridized carbons (Fsp3) is 0.190. The van der Waals surface area contributed by atoms with Gasteiger partial charge in [0.15, 0.2) is 6.61 Å². The monoisotopic (exact) mass is 396 g/mol. The molecule has 3 rings (SSSR count). The van der Waals surface area contributed by atoms with Gasteiger partial charge in [-0.05, 0) is 25.1 Å². The molecular weight excluding hydrogens is 376 g/mol. The summed E-state index contributed by atoms with van der Waals surface area (Å²) in [5.41, 5.74) is 3.36. The number of anilines is 1. The van der Waals surface area contributed by atoms with E-state index in [1.54, 1.807) is 31.4 Å². The van der Waals surface area contributed by atoms with Gasteiger partial charge in [-0.2, -0.15) is 0 Å². The first kappa shape index (κ1) is 19.6. The van der Waals surface area contributed by atoms with Gasteiger partial charge in [0.1, 0.15) is 10.8 Å². The SMILES string of the molecule is COc1cccc(NC(=O)COC(=O)Cc2csc(-c3cccc(C)c3)n2)c1. The van der Waals surface area contributed by atoms with Crippen molar-refractivity contribution < 1.29 is 19.1 Å². The number of nitrogens with one attached hydrogen (secondary N) is 1. The van der Waals surface area contributed by atoms with Gasteiger partial charge < -0.3 is 14.8 Å². The van der Waals surface area contributed by atoms with Crippen LogP contribution in [0.3, 0.4) is 0 Å². The van der Waals surface area contributed by atoms with Crippen LogP contribution in [0.5, 0.6) is 5.75 Å². The summed E-state index contributed by atoms with van der Waals surface area (Å²) in [4.78, 5) is 28.4. The average Bonchev–Trinajstić information content (AvgIpc) is 3.15. The summed E-state index contributed by atoms with van der Waals surface area (Å²) in [6.45, 7) is 1.66. The number of ether oxygens (including phenoxy) is 2. The molecule has 3 aromatic rings. The number of aryl methyl sites for hydroxylation is 1. The Morgan fingerprint density at radius 3 is 2.75 bits per heavy atom. The lowest BCUT2D eigenvalue weighted by Crippen LogP contribution is -2.21. The lowest BCUT2D eigenvalue weighted by molar-refractivity contribution is -0.146. The van der Waals surface area contributed by atoms with E-state index in [4.69, 9.17) is 9.47 Å². The summed E-state index contributed by atoms with van der Waals surface area (Å²) in [5, 5.41) is 5.33. The highest BCUT2D eigenvalue weighted by atomic mass is 32.1. The van der Waals surface area contributed by atoms with E-state index in [0.717, 1.165) is 16.1 Å². The van der Waals surface area contributed by atoms with Crippen molar-refractivity contribution in [2.24, 2.45) is 0 Å². The Morgan fingerprint density at radius 1 is 1.14 bits per heavy atom. The second-order valence-electron chi connectivity index (χ2n) is 6.13. The minimum atomic E-state index is -0.498. The number of hydrogen-bond acceptors (Lipinski definition) is 6. The Kier molecular flexibility index (Phi) is 6.39. The van der Waals surface area contributed by atoms with Crippen molar-refractivity contribution in [3.8, 4) is 16.3 Å². The number of methoxy groups -OCH3 is 1. The van der Waals surface area contributed by atoms with Crippen molar-refractivity contribution in [1.82, 2.24) is 4.98 Å². The number of thiazole rings is 1. The molecule has 0 radical (unpaired) electrons.